The molecule has 2 aliphatic heterocycles. The van der Waals surface area contributed by atoms with E-state index in [9.17, 15) is 28.8 Å². The Morgan fingerprint density at radius 1 is 0.913 bits per heavy atom. The van der Waals surface area contributed by atoms with E-state index < -0.39 is 64.8 Å². The van der Waals surface area contributed by atoms with Crippen LogP contribution in [0.25, 0.3) is 0 Å². The van der Waals surface area contributed by atoms with Crippen LogP contribution < -0.4 is 21.7 Å². The summed E-state index contributed by atoms with van der Waals surface area (Å²) in [6.45, 7) is 15.2. The first kappa shape index (κ1) is 37.3. The van der Waals surface area contributed by atoms with E-state index in [0.717, 1.165) is 38.5 Å². The van der Waals surface area contributed by atoms with Crippen molar-refractivity contribution in [3.8, 4) is 0 Å². The molecule has 0 bridgehead atoms. The molecule has 6 atom stereocenters. The van der Waals surface area contributed by atoms with Gasteiger partial charge in [-0.25, -0.2) is 9.59 Å². The van der Waals surface area contributed by atoms with Crippen LogP contribution in [0.2, 0.25) is 0 Å². The highest BCUT2D eigenvalue weighted by Gasteiger charge is 2.69. The molecule has 46 heavy (non-hydrogen) atoms. The summed E-state index contributed by atoms with van der Waals surface area (Å²) in [5.74, 6) is -3.45. The van der Waals surface area contributed by atoms with Crippen molar-refractivity contribution in [1.29, 1.82) is 0 Å². The quantitative estimate of drug-likeness (QED) is 0.261. The van der Waals surface area contributed by atoms with Crippen molar-refractivity contribution < 1.29 is 33.5 Å². The summed E-state index contributed by atoms with van der Waals surface area (Å²) in [4.78, 5) is 80.7. The number of hydrogen-bond acceptors (Lipinski definition) is 7. The molecule has 2 heterocycles. The summed E-state index contributed by atoms with van der Waals surface area (Å²) >= 11 is 0. The van der Waals surface area contributed by atoms with Gasteiger partial charge in [-0.2, -0.15) is 0 Å². The fourth-order valence-corrected chi connectivity index (χ4v) is 7.05. The van der Waals surface area contributed by atoms with Crippen LogP contribution in [-0.2, 0) is 28.7 Å². The minimum absolute atomic E-state index is 0.0787. The summed E-state index contributed by atoms with van der Waals surface area (Å²) in [7, 11) is 0. The molecule has 3 fully saturated rings. The Balaban J connectivity index is 1.87. The molecule has 2 saturated heterocycles. The van der Waals surface area contributed by atoms with Gasteiger partial charge in [0.2, 0.25) is 17.6 Å². The number of carbonyl (C=O) groups excluding carboxylic acids is 6. The van der Waals surface area contributed by atoms with Crippen LogP contribution in [0.3, 0.4) is 0 Å². The topological polar surface area (TPSA) is 177 Å². The van der Waals surface area contributed by atoms with E-state index >= 15 is 0 Å². The molecule has 0 unspecified atom stereocenters. The Bertz CT molecular complexity index is 1170. The van der Waals surface area contributed by atoms with Crippen LogP contribution >= 0.6 is 0 Å². The SMILES string of the molecule is CC(C)(C)OC(=O)[C@@H](NC(=O)N[C@@H]1CCCCCCCCCC[C@H](C(=O)C(N)=O)NC(=O)[C@@H]2[C@@H]3[C@H](CN2C1=O)C3(C)C)C(C)(C)C. The number of piperidine rings is 1. The number of Topliss-reactive ketones (excluding diaryl/α,β-unsaturated/α-hetero) is 1. The van der Waals surface area contributed by atoms with Crippen molar-refractivity contribution in [2.24, 2.45) is 28.4 Å². The zero-order chi connectivity index (χ0) is 34.6. The first-order valence-corrected chi connectivity index (χ1v) is 17.0. The predicted octanol–water partition coefficient (Wildman–Crippen LogP) is 3.35. The highest BCUT2D eigenvalue weighted by Crippen LogP contribution is 2.65. The monoisotopic (exact) mass is 647 g/mol. The highest BCUT2D eigenvalue weighted by molar-refractivity contribution is 6.37. The zero-order valence-electron chi connectivity index (χ0n) is 29.1. The number of hydrogen-bond donors (Lipinski definition) is 4. The number of fused-ring (bicyclic) bond motifs is 3. The maximum Gasteiger partial charge on any atom is 0.329 e. The Labute approximate surface area is 274 Å². The molecule has 12 nitrogen and oxygen atoms in total. The van der Waals surface area contributed by atoms with E-state index in [0.29, 0.717) is 32.2 Å². The van der Waals surface area contributed by atoms with Crippen molar-refractivity contribution in [2.45, 2.75) is 149 Å². The van der Waals surface area contributed by atoms with Gasteiger partial charge in [0.05, 0.1) is 6.04 Å². The summed E-state index contributed by atoms with van der Waals surface area (Å²) in [6, 6.07) is -4.50. The maximum absolute atomic E-state index is 14.2. The van der Waals surface area contributed by atoms with Crippen LogP contribution in [0.1, 0.15) is 120 Å². The van der Waals surface area contributed by atoms with Crippen molar-refractivity contribution >= 4 is 35.5 Å². The zero-order valence-corrected chi connectivity index (χ0v) is 29.1. The third kappa shape index (κ3) is 9.44. The second-order valence-electron chi connectivity index (χ2n) is 16.1. The smallest absolute Gasteiger partial charge is 0.329 e. The van der Waals surface area contributed by atoms with Gasteiger partial charge in [-0.05, 0) is 56.3 Å². The van der Waals surface area contributed by atoms with Gasteiger partial charge in [-0.15, -0.1) is 0 Å². The van der Waals surface area contributed by atoms with Crippen LogP contribution in [0.5, 0.6) is 0 Å². The van der Waals surface area contributed by atoms with Gasteiger partial charge in [0.25, 0.3) is 5.91 Å². The summed E-state index contributed by atoms with van der Waals surface area (Å²) < 4.78 is 5.57. The second-order valence-corrected chi connectivity index (χ2v) is 16.1. The Morgan fingerprint density at radius 3 is 1.98 bits per heavy atom. The third-order valence-electron chi connectivity index (χ3n) is 9.76. The fraction of sp³-hybridized carbons (Fsp3) is 0.824. The van der Waals surface area contributed by atoms with E-state index in [4.69, 9.17) is 10.5 Å². The van der Waals surface area contributed by atoms with Gasteiger partial charge >= 0.3 is 12.0 Å². The summed E-state index contributed by atoms with van der Waals surface area (Å²) in [5, 5.41) is 8.35. The number of ether oxygens (including phenoxy) is 1. The number of ketones is 1. The van der Waals surface area contributed by atoms with E-state index in [1.807, 2.05) is 20.8 Å². The Kier molecular flexibility index (Phi) is 11.9. The first-order chi connectivity index (χ1) is 21.3. The Hall–Kier alpha value is -3.18. The first-order valence-electron chi connectivity index (χ1n) is 17.0. The van der Waals surface area contributed by atoms with Crippen LogP contribution in [0.4, 0.5) is 4.79 Å². The van der Waals surface area contributed by atoms with E-state index in [2.05, 4.69) is 29.8 Å². The van der Waals surface area contributed by atoms with Gasteiger partial charge in [-0.1, -0.05) is 86.0 Å². The molecule has 0 aromatic rings. The van der Waals surface area contributed by atoms with Crippen molar-refractivity contribution in [3.63, 3.8) is 0 Å². The molecule has 0 aromatic carbocycles. The number of amides is 5. The normalized spacial score (nSPS) is 28.4. The molecular weight excluding hydrogens is 590 g/mol. The van der Waals surface area contributed by atoms with Crippen molar-refractivity contribution in [2.75, 3.05) is 6.54 Å². The minimum atomic E-state index is -1.10. The van der Waals surface area contributed by atoms with Gasteiger partial charge < -0.3 is 31.3 Å². The molecule has 3 rings (SSSR count). The average molecular weight is 648 g/mol. The molecule has 0 aromatic heterocycles. The lowest BCUT2D eigenvalue weighted by molar-refractivity contribution is -0.160. The molecule has 5 N–H and O–H groups in total. The van der Waals surface area contributed by atoms with E-state index in [-0.39, 0.29) is 23.2 Å². The molecule has 5 amide bonds. The molecular formula is C34H57N5O7. The van der Waals surface area contributed by atoms with E-state index in [1.165, 1.54) is 4.90 Å². The number of rotatable bonds is 5. The molecule has 1 saturated carbocycles. The molecule has 12 heteroatoms. The average Bonchev–Trinajstić information content (AvgIpc) is 3.25. The lowest BCUT2D eigenvalue weighted by atomic mass is 9.86. The Morgan fingerprint density at radius 2 is 1.46 bits per heavy atom. The molecule has 0 spiro atoms. The van der Waals surface area contributed by atoms with E-state index in [1.54, 1.807) is 20.8 Å². The maximum atomic E-state index is 14.2. The van der Waals surface area contributed by atoms with Gasteiger partial charge in [0.1, 0.15) is 23.7 Å². The fourth-order valence-electron chi connectivity index (χ4n) is 7.05. The second kappa shape index (κ2) is 14.7. The summed E-state index contributed by atoms with van der Waals surface area (Å²) in [6.07, 6.45) is 7.74. The molecule has 260 valence electrons. The largest absolute Gasteiger partial charge is 0.458 e. The number of urea groups is 1. The lowest BCUT2D eigenvalue weighted by Crippen LogP contribution is -2.60. The predicted molar refractivity (Wildman–Crippen MR) is 173 cm³/mol. The summed E-state index contributed by atoms with van der Waals surface area (Å²) in [5.41, 5.74) is 3.72. The van der Waals surface area contributed by atoms with Crippen LogP contribution in [0, 0.1) is 22.7 Å². The highest BCUT2D eigenvalue weighted by atomic mass is 16.6. The van der Waals surface area contributed by atoms with Crippen LogP contribution in [-0.4, -0.2) is 76.7 Å². The number of primary amides is 1. The third-order valence-corrected chi connectivity index (χ3v) is 9.76. The minimum Gasteiger partial charge on any atom is -0.458 e. The number of nitrogens with zero attached hydrogens (tertiary/aromatic N) is 1. The molecule has 0 radical (unpaired) electrons. The van der Waals surface area contributed by atoms with Crippen molar-refractivity contribution in [1.82, 2.24) is 20.9 Å². The lowest BCUT2D eigenvalue weighted by Gasteiger charge is -2.35. The van der Waals surface area contributed by atoms with Gasteiger partial charge in [0, 0.05) is 6.54 Å². The standard InChI is InChI=1S/C34H57N5O7/c1-32(2,3)26(30(44)46-33(4,5)6)38-31(45)37-22-18-16-14-12-10-9-11-13-15-17-21(25(40)27(35)41)36-28(42)24-23-20(34(23,7)8)19-39(24)29(22)43/h20-24,26H,9-19H2,1-8H3,(H2,35,41)(H,36,42)(H2,37,38,45)/t20-,21+,22+,23-,24-,26+/m0/s1. The number of nitrogens with one attached hydrogen (secondary N) is 3. The van der Waals surface area contributed by atoms with Gasteiger partial charge in [-0.3, -0.25) is 19.2 Å². The van der Waals surface area contributed by atoms with Crippen molar-refractivity contribution in [3.05, 3.63) is 0 Å². The molecule has 1 aliphatic carbocycles. The molecule has 3 aliphatic rings. The number of esters is 1. The number of carbonyl (C=O) groups is 6. The number of nitrogens with two attached hydrogens (primary N) is 1. The van der Waals surface area contributed by atoms with Crippen LogP contribution in [0.15, 0.2) is 0 Å². The van der Waals surface area contributed by atoms with Gasteiger partial charge in [0.15, 0.2) is 0 Å².